The molecule has 1 amide bonds. The summed E-state index contributed by atoms with van der Waals surface area (Å²) in [4.78, 5) is 30.6. The van der Waals surface area contributed by atoms with E-state index in [0.29, 0.717) is 16.1 Å². The first-order valence-corrected chi connectivity index (χ1v) is 10.2. The molecule has 4 rings (SSSR count). The minimum absolute atomic E-state index is 0.106. The predicted molar refractivity (Wildman–Crippen MR) is 99.1 cm³/mol. The number of benzene rings is 2. The monoisotopic (exact) mass is 403 g/mol. The Balaban J connectivity index is 2.02. The molecule has 2 aliphatic rings. The summed E-state index contributed by atoms with van der Waals surface area (Å²) in [6.07, 6.45) is 0. The Kier molecular flexibility index (Phi) is 4.09. The largest absolute Gasteiger partial charge is 0.352 e. The topological polar surface area (TPSA) is 89.5 Å². The van der Waals surface area contributed by atoms with Crippen LogP contribution in [0.15, 0.2) is 60.0 Å². The van der Waals surface area contributed by atoms with E-state index in [1.165, 1.54) is 0 Å². The van der Waals surface area contributed by atoms with Crippen molar-refractivity contribution in [3.63, 3.8) is 0 Å². The van der Waals surface area contributed by atoms with Crippen LogP contribution in [0.2, 0.25) is 5.02 Å². The number of hydrogen-bond acceptors (Lipinski definition) is 5. The third kappa shape index (κ3) is 2.74. The van der Waals surface area contributed by atoms with Crippen molar-refractivity contribution in [1.29, 1.82) is 0 Å². The molecule has 0 radical (unpaired) electrons. The highest BCUT2D eigenvalue weighted by atomic mass is 35.5. The molecule has 1 N–H and O–H groups in total. The van der Waals surface area contributed by atoms with Crippen LogP contribution in [0.1, 0.15) is 17.0 Å². The van der Waals surface area contributed by atoms with Gasteiger partial charge in [0.15, 0.2) is 15.3 Å². The summed E-state index contributed by atoms with van der Waals surface area (Å²) in [6, 6.07) is 14.9. The maximum absolute atomic E-state index is 12.9. The molecule has 1 fully saturated rings. The number of hydroxylamine groups is 1. The molecule has 1 spiro atoms. The first-order chi connectivity index (χ1) is 12.8. The lowest BCUT2D eigenvalue weighted by atomic mass is 9.66. The molecule has 2 aromatic rings. The van der Waals surface area contributed by atoms with Crippen molar-refractivity contribution in [3.05, 3.63) is 76.2 Å². The summed E-state index contributed by atoms with van der Waals surface area (Å²) in [6.45, 7) is 0. The number of hydrogen-bond donors (Lipinski definition) is 1. The number of sulfone groups is 1. The van der Waals surface area contributed by atoms with E-state index in [0.717, 1.165) is 5.41 Å². The van der Waals surface area contributed by atoms with E-state index in [1.807, 2.05) is 0 Å². The second-order valence-electron chi connectivity index (χ2n) is 6.46. The van der Waals surface area contributed by atoms with Crippen LogP contribution >= 0.6 is 11.6 Å². The SMILES string of the molecule is O=C1NOC(=O)C12C(c1ccccc1)=CS(=O)(=O)CC2c1ccc(Cl)cc1. The highest BCUT2D eigenvalue weighted by Gasteiger charge is 2.64. The maximum Gasteiger partial charge on any atom is 0.352 e. The minimum atomic E-state index is -3.68. The van der Waals surface area contributed by atoms with E-state index in [4.69, 9.17) is 16.4 Å². The number of rotatable bonds is 2. The van der Waals surface area contributed by atoms with Crippen LogP contribution in [-0.2, 0) is 24.3 Å². The summed E-state index contributed by atoms with van der Waals surface area (Å²) in [5.41, 5.74) is 1.41. The quantitative estimate of drug-likeness (QED) is 0.778. The molecule has 138 valence electrons. The van der Waals surface area contributed by atoms with Gasteiger partial charge in [0.25, 0.3) is 5.91 Å². The van der Waals surface area contributed by atoms with Crippen LogP contribution in [0, 0.1) is 5.41 Å². The molecule has 1 saturated heterocycles. The average molecular weight is 404 g/mol. The molecule has 2 unspecified atom stereocenters. The lowest BCUT2D eigenvalue weighted by Crippen LogP contribution is -2.47. The van der Waals surface area contributed by atoms with Crippen molar-refractivity contribution in [2.75, 3.05) is 5.75 Å². The molecule has 2 heterocycles. The standard InChI is InChI=1S/C19H14ClNO5S/c20-14-8-6-13(7-9-14)16-11-27(24,25)10-15(12-4-2-1-3-5-12)19(16)17(22)21-26-18(19)23/h1-10,16H,11H2,(H,21,22). The van der Waals surface area contributed by atoms with E-state index in [1.54, 1.807) is 54.6 Å². The highest BCUT2D eigenvalue weighted by molar-refractivity contribution is 7.94. The Morgan fingerprint density at radius 2 is 1.70 bits per heavy atom. The van der Waals surface area contributed by atoms with Gasteiger partial charge in [0.05, 0.1) is 5.75 Å². The van der Waals surface area contributed by atoms with Crippen LogP contribution in [0.4, 0.5) is 0 Å². The predicted octanol–water partition coefficient (Wildman–Crippen LogP) is 2.47. The van der Waals surface area contributed by atoms with E-state index in [9.17, 15) is 18.0 Å². The van der Waals surface area contributed by atoms with Gasteiger partial charge >= 0.3 is 5.97 Å². The lowest BCUT2D eigenvalue weighted by Gasteiger charge is -2.36. The van der Waals surface area contributed by atoms with Crippen LogP contribution in [0.5, 0.6) is 0 Å². The number of amides is 1. The summed E-state index contributed by atoms with van der Waals surface area (Å²) in [7, 11) is -3.68. The molecule has 27 heavy (non-hydrogen) atoms. The molecule has 2 atom stereocenters. The molecule has 0 bridgehead atoms. The van der Waals surface area contributed by atoms with Crippen molar-refractivity contribution in [2.45, 2.75) is 5.92 Å². The van der Waals surface area contributed by atoms with Crippen LogP contribution in [-0.4, -0.2) is 26.0 Å². The molecule has 0 saturated carbocycles. The Morgan fingerprint density at radius 3 is 2.30 bits per heavy atom. The third-order valence-corrected chi connectivity index (χ3v) is 6.56. The smallest absolute Gasteiger partial charge is 0.339 e. The third-order valence-electron chi connectivity index (χ3n) is 4.92. The fourth-order valence-electron chi connectivity index (χ4n) is 3.70. The molecule has 0 aromatic heterocycles. The first-order valence-electron chi connectivity index (χ1n) is 8.12. The number of carbonyl (C=O) groups is 2. The first kappa shape index (κ1) is 17.8. The Morgan fingerprint density at radius 1 is 1.04 bits per heavy atom. The molecule has 0 aliphatic carbocycles. The zero-order valence-electron chi connectivity index (χ0n) is 13.9. The number of carbonyl (C=O) groups excluding carboxylic acids is 2. The second kappa shape index (κ2) is 6.21. The van der Waals surface area contributed by atoms with Crippen LogP contribution in [0.25, 0.3) is 5.57 Å². The van der Waals surface area contributed by atoms with Gasteiger partial charge in [-0.2, -0.15) is 5.48 Å². The van der Waals surface area contributed by atoms with E-state index < -0.39 is 38.8 Å². The molecule has 2 aromatic carbocycles. The second-order valence-corrected chi connectivity index (χ2v) is 8.79. The number of halogens is 1. The molecule has 6 nitrogen and oxygen atoms in total. The van der Waals surface area contributed by atoms with Crippen LogP contribution < -0.4 is 5.48 Å². The average Bonchev–Trinajstić information content (AvgIpc) is 2.94. The molecular formula is C19H14ClNO5S. The van der Waals surface area contributed by atoms with Crippen molar-refractivity contribution >= 4 is 38.9 Å². The molecule has 2 aliphatic heterocycles. The van der Waals surface area contributed by atoms with Gasteiger partial charge in [-0.15, -0.1) is 0 Å². The van der Waals surface area contributed by atoms with Gasteiger partial charge in [0.2, 0.25) is 0 Å². The van der Waals surface area contributed by atoms with Gasteiger partial charge in [-0.1, -0.05) is 54.1 Å². The summed E-state index contributed by atoms with van der Waals surface area (Å²) >= 11 is 5.94. The van der Waals surface area contributed by atoms with Gasteiger partial charge in [-0.05, 0) is 28.8 Å². The lowest BCUT2D eigenvalue weighted by molar-refractivity contribution is -0.148. The van der Waals surface area contributed by atoms with E-state index >= 15 is 0 Å². The van der Waals surface area contributed by atoms with Crippen molar-refractivity contribution in [1.82, 2.24) is 5.48 Å². The summed E-state index contributed by atoms with van der Waals surface area (Å²) in [5.74, 6) is -2.85. The zero-order chi connectivity index (χ0) is 19.2. The van der Waals surface area contributed by atoms with E-state index in [-0.39, 0.29) is 5.57 Å². The summed E-state index contributed by atoms with van der Waals surface area (Å²) < 4.78 is 25.3. The fourth-order valence-corrected chi connectivity index (χ4v) is 5.51. The van der Waals surface area contributed by atoms with Gasteiger partial charge in [-0.25, -0.2) is 13.2 Å². The summed E-state index contributed by atoms with van der Waals surface area (Å²) in [5, 5.41) is 1.48. The minimum Gasteiger partial charge on any atom is -0.339 e. The van der Waals surface area contributed by atoms with Gasteiger partial charge in [0, 0.05) is 16.3 Å². The number of nitrogens with one attached hydrogen (secondary N) is 1. The van der Waals surface area contributed by atoms with E-state index in [2.05, 4.69) is 5.48 Å². The Bertz CT molecular complexity index is 1050. The normalized spacial score (nSPS) is 26.4. The maximum atomic E-state index is 12.9. The van der Waals surface area contributed by atoms with Crippen molar-refractivity contribution in [3.8, 4) is 0 Å². The zero-order valence-corrected chi connectivity index (χ0v) is 15.5. The Hall–Kier alpha value is -2.64. The van der Waals surface area contributed by atoms with Gasteiger partial charge < -0.3 is 4.84 Å². The van der Waals surface area contributed by atoms with Gasteiger partial charge in [-0.3, -0.25) is 4.79 Å². The fraction of sp³-hybridized carbons (Fsp3) is 0.158. The highest BCUT2D eigenvalue weighted by Crippen LogP contribution is 2.53. The Labute approximate surface area is 160 Å². The molecular weight excluding hydrogens is 390 g/mol. The van der Waals surface area contributed by atoms with Crippen LogP contribution in [0.3, 0.4) is 0 Å². The molecule has 8 heteroatoms. The van der Waals surface area contributed by atoms with Crippen molar-refractivity contribution < 1.29 is 22.8 Å². The van der Waals surface area contributed by atoms with Gasteiger partial charge in [0.1, 0.15) is 0 Å². The van der Waals surface area contributed by atoms with Crippen molar-refractivity contribution in [2.24, 2.45) is 5.41 Å².